The molecule has 0 radical (unpaired) electrons. The highest BCUT2D eigenvalue weighted by atomic mass is 16.5. The average Bonchev–Trinajstić information content (AvgIpc) is 2.37. The van der Waals surface area contributed by atoms with Gasteiger partial charge in [-0.1, -0.05) is 19.3 Å². The molecule has 0 aromatic rings. The van der Waals surface area contributed by atoms with Crippen LogP contribution in [-0.4, -0.2) is 23.9 Å². The fourth-order valence-electron chi connectivity index (χ4n) is 2.51. The van der Waals surface area contributed by atoms with E-state index in [1.54, 1.807) is 0 Å². The molecule has 0 aromatic heterocycles. The molecule has 1 fully saturated rings. The van der Waals surface area contributed by atoms with Crippen molar-refractivity contribution >= 4 is 0 Å². The minimum atomic E-state index is -0.0466. The smallest absolute Gasteiger partial charge is 0.0632 e. The van der Waals surface area contributed by atoms with Crippen molar-refractivity contribution in [1.82, 2.24) is 0 Å². The Hall–Kier alpha value is -0.0800. The Bertz CT molecular complexity index is 234. The van der Waals surface area contributed by atoms with Crippen LogP contribution < -0.4 is 0 Å². The molecule has 2 atom stereocenters. The maximum Gasteiger partial charge on any atom is 0.0632 e. The summed E-state index contributed by atoms with van der Waals surface area (Å²) in [5, 5.41) is 0. The molecule has 0 spiro atoms. The van der Waals surface area contributed by atoms with Gasteiger partial charge >= 0.3 is 0 Å². The first-order chi connectivity index (χ1) is 8.17. The van der Waals surface area contributed by atoms with Gasteiger partial charge in [0.25, 0.3) is 0 Å². The van der Waals surface area contributed by atoms with Gasteiger partial charge in [0, 0.05) is 5.92 Å². The van der Waals surface area contributed by atoms with E-state index in [0.717, 1.165) is 6.61 Å². The Morgan fingerprint density at radius 1 is 0.833 bits per heavy atom. The van der Waals surface area contributed by atoms with Gasteiger partial charge in [0.05, 0.1) is 23.9 Å². The highest BCUT2D eigenvalue weighted by Crippen LogP contribution is 2.30. The highest BCUT2D eigenvalue weighted by molar-refractivity contribution is 4.78. The lowest BCUT2D eigenvalue weighted by Crippen LogP contribution is -2.36. The molecule has 1 aliphatic rings. The molecule has 2 unspecified atom stereocenters. The predicted octanol–water partition coefficient (Wildman–Crippen LogP) is 4.57. The molecular weight excluding hydrogens is 224 g/mol. The number of rotatable bonds is 3. The first-order valence-electron chi connectivity index (χ1n) is 7.49. The van der Waals surface area contributed by atoms with E-state index in [0.29, 0.717) is 12.0 Å². The van der Waals surface area contributed by atoms with Crippen LogP contribution in [0.1, 0.15) is 73.6 Å². The van der Waals surface area contributed by atoms with Gasteiger partial charge in [-0.3, -0.25) is 0 Å². The third-order valence-electron chi connectivity index (χ3n) is 3.32. The van der Waals surface area contributed by atoms with Gasteiger partial charge in [0.15, 0.2) is 0 Å². The van der Waals surface area contributed by atoms with Crippen LogP contribution in [0.15, 0.2) is 0 Å². The Kier molecular flexibility index (Phi) is 5.67. The van der Waals surface area contributed by atoms with Gasteiger partial charge in [-0.2, -0.15) is 0 Å². The summed E-state index contributed by atoms with van der Waals surface area (Å²) in [5.41, 5.74) is -0.0897. The summed E-state index contributed by atoms with van der Waals surface area (Å²) in [4.78, 5) is 0. The summed E-state index contributed by atoms with van der Waals surface area (Å²) in [7, 11) is 0. The molecule has 1 aliphatic carbocycles. The van der Waals surface area contributed by atoms with Crippen molar-refractivity contribution in [2.75, 3.05) is 6.61 Å². The zero-order valence-electron chi connectivity index (χ0n) is 13.2. The van der Waals surface area contributed by atoms with Crippen LogP contribution in [0.4, 0.5) is 0 Å². The standard InChI is InChI=1S/C16H32O2/c1-15(2,3)17-12-13-10-8-7-9-11-14(13)18-16(4,5)6/h13-14H,7-12H2,1-6H3. The summed E-state index contributed by atoms with van der Waals surface area (Å²) >= 11 is 0. The average molecular weight is 256 g/mol. The first-order valence-corrected chi connectivity index (χ1v) is 7.49. The van der Waals surface area contributed by atoms with Crippen molar-refractivity contribution in [1.29, 1.82) is 0 Å². The van der Waals surface area contributed by atoms with Gasteiger partial charge < -0.3 is 9.47 Å². The fraction of sp³-hybridized carbons (Fsp3) is 1.00. The molecule has 0 aliphatic heterocycles. The van der Waals surface area contributed by atoms with Gasteiger partial charge in [-0.05, 0) is 54.4 Å². The molecule has 1 saturated carbocycles. The van der Waals surface area contributed by atoms with Crippen molar-refractivity contribution < 1.29 is 9.47 Å². The lowest BCUT2D eigenvalue weighted by Gasteiger charge is -2.33. The molecule has 0 N–H and O–H groups in total. The lowest BCUT2D eigenvalue weighted by atomic mass is 9.96. The molecule has 0 amide bonds. The van der Waals surface area contributed by atoms with Crippen LogP contribution >= 0.6 is 0 Å². The van der Waals surface area contributed by atoms with E-state index in [9.17, 15) is 0 Å². The van der Waals surface area contributed by atoms with Crippen molar-refractivity contribution in [2.45, 2.75) is 91.0 Å². The van der Waals surface area contributed by atoms with E-state index in [1.165, 1.54) is 32.1 Å². The van der Waals surface area contributed by atoms with Crippen LogP contribution in [-0.2, 0) is 9.47 Å². The van der Waals surface area contributed by atoms with Crippen molar-refractivity contribution in [3.63, 3.8) is 0 Å². The molecule has 18 heavy (non-hydrogen) atoms. The highest BCUT2D eigenvalue weighted by Gasteiger charge is 2.29. The van der Waals surface area contributed by atoms with E-state index in [1.807, 2.05) is 0 Å². The van der Waals surface area contributed by atoms with E-state index < -0.39 is 0 Å². The largest absolute Gasteiger partial charge is 0.375 e. The molecular formula is C16H32O2. The third kappa shape index (κ3) is 6.75. The van der Waals surface area contributed by atoms with Gasteiger partial charge in [0.1, 0.15) is 0 Å². The summed E-state index contributed by atoms with van der Waals surface area (Å²) < 4.78 is 12.2. The Morgan fingerprint density at radius 2 is 1.44 bits per heavy atom. The minimum Gasteiger partial charge on any atom is -0.375 e. The van der Waals surface area contributed by atoms with Gasteiger partial charge in [-0.15, -0.1) is 0 Å². The number of ether oxygens (including phenoxy) is 2. The molecule has 0 bridgehead atoms. The monoisotopic (exact) mass is 256 g/mol. The maximum atomic E-state index is 6.26. The lowest BCUT2D eigenvalue weighted by molar-refractivity contribution is -0.115. The quantitative estimate of drug-likeness (QED) is 0.689. The second-order valence-electron chi connectivity index (χ2n) is 7.59. The summed E-state index contributed by atoms with van der Waals surface area (Å²) in [6.45, 7) is 13.7. The second kappa shape index (κ2) is 6.38. The summed E-state index contributed by atoms with van der Waals surface area (Å²) in [6, 6.07) is 0. The second-order valence-corrected chi connectivity index (χ2v) is 7.59. The van der Waals surface area contributed by atoms with Gasteiger partial charge in [0.2, 0.25) is 0 Å². The van der Waals surface area contributed by atoms with E-state index >= 15 is 0 Å². The molecule has 0 aromatic carbocycles. The van der Waals surface area contributed by atoms with Crippen LogP contribution in [0.25, 0.3) is 0 Å². The Labute approximate surface area is 113 Å². The maximum absolute atomic E-state index is 6.26. The minimum absolute atomic E-state index is 0.0431. The summed E-state index contributed by atoms with van der Waals surface area (Å²) in [6.07, 6.45) is 6.77. The molecule has 2 nitrogen and oxygen atoms in total. The summed E-state index contributed by atoms with van der Waals surface area (Å²) in [5.74, 6) is 0.561. The van der Waals surface area contributed by atoms with Crippen molar-refractivity contribution in [2.24, 2.45) is 5.92 Å². The normalized spacial score (nSPS) is 27.0. The Balaban J connectivity index is 2.57. The zero-order chi connectivity index (χ0) is 13.8. The first kappa shape index (κ1) is 16.0. The van der Waals surface area contributed by atoms with E-state index in [-0.39, 0.29) is 11.2 Å². The zero-order valence-corrected chi connectivity index (χ0v) is 13.2. The fourth-order valence-corrected chi connectivity index (χ4v) is 2.51. The van der Waals surface area contributed by atoms with E-state index in [4.69, 9.17) is 9.47 Å². The van der Waals surface area contributed by atoms with Crippen LogP contribution in [0.2, 0.25) is 0 Å². The van der Waals surface area contributed by atoms with Crippen molar-refractivity contribution in [3.8, 4) is 0 Å². The van der Waals surface area contributed by atoms with Gasteiger partial charge in [-0.25, -0.2) is 0 Å². The SMILES string of the molecule is CC(C)(C)OCC1CCCCCC1OC(C)(C)C. The molecule has 0 heterocycles. The molecule has 2 heteroatoms. The van der Waals surface area contributed by atoms with Crippen molar-refractivity contribution in [3.05, 3.63) is 0 Å². The molecule has 108 valence electrons. The van der Waals surface area contributed by atoms with E-state index in [2.05, 4.69) is 41.5 Å². The van der Waals surface area contributed by atoms with Crippen LogP contribution in [0.5, 0.6) is 0 Å². The Morgan fingerprint density at radius 3 is 2.00 bits per heavy atom. The molecule has 1 rings (SSSR count). The third-order valence-corrected chi connectivity index (χ3v) is 3.32. The number of hydrogen-bond donors (Lipinski definition) is 0. The molecule has 0 saturated heterocycles. The topological polar surface area (TPSA) is 18.5 Å². The predicted molar refractivity (Wildman–Crippen MR) is 76.9 cm³/mol. The number of hydrogen-bond acceptors (Lipinski definition) is 2. The van der Waals surface area contributed by atoms with Crippen LogP contribution in [0.3, 0.4) is 0 Å². The van der Waals surface area contributed by atoms with Crippen LogP contribution in [0, 0.1) is 5.92 Å².